The van der Waals surface area contributed by atoms with Crippen molar-refractivity contribution in [3.8, 4) is 0 Å². The van der Waals surface area contributed by atoms with Gasteiger partial charge < -0.3 is 10.2 Å². The zero-order valence-electron chi connectivity index (χ0n) is 7.98. The first kappa shape index (κ1) is 3.18. The van der Waals surface area contributed by atoms with Crippen LogP contribution in [0.1, 0.15) is 11.0 Å². The minimum absolute atomic E-state index is 0.231. The van der Waals surface area contributed by atoms with Crippen molar-refractivity contribution in [3.05, 3.63) is 0 Å². The Morgan fingerprint density at radius 3 is 3.00 bits per heavy atom. The highest BCUT2D eigenvalue weighted by Gasteiger charge is 2.04. The average molecular weight is 117 g/mol. The molecule has 1 fully saturated rings. The lowest BCUT2D eigenvalue weighted by molar-refractivity contribution is 0.253. The van der Waals surface area contributed by atoms with Crippen molar-refractivity contribution in [1.29, 1.82) is 0 Å². The largest absolute Gasteiger partial charge is 0.314 e. The van der Waals surface area contributed by atoms with Gasteiger partial charge in [0.1, 0.15) is 0 Å². The molecule has 1 rings (SSSR count). The van der Waals surface area contributed by atoms with Gasteiger partial charge in [0.05, 0.1) is 0 Å². The van der Waals surface area contributed by atoms with Gasteiger partial charge in [0, 0.05) is 30.3 Å². The van der Waals surface area contributed by atoms with Gasteiger partial charge in [-0.2, -0.15) is 0 Å². The van der Waals surface area contributed by atoms with Gasteiger partial charge in [0.25, 0.3) is 0 Å². The summed E-state index contributed by atoms with van der Waals surface area (Å²) in [5, 5.41) is 3.18. The van der Waals surface area contributed by atoms with E-state index in [1.807, 2.05) is 4.90 Å². The Bertz CT molecular complexity index is 117. The highest BCUT2D eigenvalue weighted by atomic mass is 15.2. The molecule has 48 valence electrons. The molecule has 2 nitrogen and oxygen atoms in total. The quantitative estimate of drug-likeness (QED) is 0.516. The topological polar surface area (TPSA) is 15.3 Å². The molecule has 0 atom stereocenters. The van der Waals surface area contributed by atoms with Crippen molar-refractivity contribution in [2.45, 2.75) is 6.85 Å². The predicted molar refractivity (Wildman–Crippen MR) is 35.0 cm³/mol. The van der Waals surface area contributed by atoms with Gasteiger partial charge in [0.2, 0.25) is 0 Å². The van der Waals surface area contributed by atoms with E-state index in [0.717, 1.165) is 26.2 Å². The molecule has 0 aromatic carbocycles. The summed E-state index contributed by atoms with van der Waals surface area (Å²) >= 11 is 0. The lowest BCUT2D eigenvalue weighted by Gasteiger charge is -2.25. The molecule has 2 heteroatoms. The Hall–Kier alpha value is -0.0800. The third kappa shape index (κ3) is 1.46. The lowest BCUT2D eigenvalue weighted by Crippen LogP contribution is -2.43. The van der Waals surface area contributed by atoms with Crippen LogP contribution in [-0.4, -0.2) is 37.6 Å². The van der Waals surface area contributed by atoms with E-state index in [1.165, 1.54) is 0 Å². The molecule has 1 N–H and O–H groups in total. The van der Waals surface area contributed by atoms with Crippen LogP contribution < -0.4 is 5.32 Å². The number of nitrogens with zero attached hydrogens (tertiary/aromatic N) is 1. The highest BCUT2D eigenvalue weighted by Crippen LogP contribution is 1.88. The summed E-state index contributed by atoms with van der Waals surface area (Å²) in [6, 6.07) is 0. The molecule has 0 aromatic rings. The molecule has 0 radical (unpaired) electrons. The van der Waals surface area contributed by atoms with Crippen molar-refractivity contribution in [2.75, 3.05) is 32.7 Å². The van der Waals surface area contributed by atoms with Gasteiger partial charge in [-0.25, -0.2) is 0 Å². The Kier molecular flexibility index (Phi) is 1.21. The predicted octanol–water partition coefficient (Wildman–Crippen LogP) is -0.0885. The van der Waals surface area contributed by atoms with E-state index in [9.17, 15) is 0 Å². The van der Waals surface area contributed by atoms with Crippen LogP contribution in [0, 0.1) is 0 Å². The van der Waals surface area contributed by atoms with Gasteiger partial charge in [-0.15, -0.1) is 0 Å². The van der Waals surface area contributed by atoms with Crippen molar-refractivity contribution in [2.24, 2.45) is 0 Å². The van der Waals surface area contributed by atoms with E-state index >= 15 is 0 Å². The monoisotopic (exact) mass is 117 g/mol. The van der Waals surface area contributed by atoms with Crippen LogP contribution in [0.15, 0.2) is 0 Å². The van der Waals surface area contributed by atoms with Crippen LogP contribution in [-0.2, 0) is 0 Å². The van der Waals surface area contributed by atoms with Crippen LogP contribution in [0.3, 0.4) is 0 Å². The van der Waals surface area contributed by atoms with Crippen LogP contribution in [0.25, 0.3) is 0 Å². The Balaban J connectivity index is 2.24. The highest BCUT2D eigenvalue weighted by molar-refractivity contribution is 4.64. The standard InChI is InChI=1S/C6H14N2/c1-2-8-5-3-7-4-6-8/h7H,2-6H2,1H3/i1D3. The molecule has 1 aliphatic rings. The first-order chi connectivity index (χ1) is 5.08. The van der Waals surface area contributed by atoms with Crippen molar-refractivity contribution < 1.29 is 4.11 Å². The van der Waals surface area contributed by atoms with E-state index in [2.05, 4.69) is 5.32 Å². The number of likely N-dealkylation sites (N-methyl/N-ethyl adjacent to an activating group) is 1. The number of hydrogen-bond donors (Lipinski definition) is 1. The maximum atomic E-state index is 7.04. The third-order valence-electron chi connectivity index (χ3n) is 1.43. The fraction of sp³-hybridized carbons (Fsp3) is 1.00. The molecule has 0 amide bonds. The molecule has 0 spiro atoms. The normalized spacial score (nSPS) is 30.8. The lowest BCUT2D eigenvalue weighted by atomic mass is 10.4. The second-order valence-electron chi connectivity index (χ2n) is 2.03. The van der Waals surface area contributed by atoms with Gasteiger partial charge in [0.15, 0.2) is 0 Å². The van der Waals surface area contributed by atoms with Crippen LogP contribution >= 0.6 is 0 Å². The summed E-state index contributed by atoms with van der Waals surface area (Å²) in [6.07, 6.45) is 0. The maximum Gasteiger partial charge on any atom is 0.0243 e. The first-order valence-corrected chi connectivity index (χ1v) is 3.01. The SMILES string of the molecule is [2H]C([2H])([2H])CN1CCNCC1. The summed E-state index contributed by atoms with van der Waals surface area (Å²) in [4.78, 5) is 1.98. The molecular formula is C6H14N2. The fourth-order valence-corrected chi connectivity index (χ4v) is 0.869. The minimum atomic E-state index is -1.79. The zero-order chi connectivity index (χ0) is 8.32. The summed E-state index contributed by atoms with van der Waals surface area (Å²) in [6.45, 7) is 1.98. The maximum absolute atomic E-state index is 7.04. The molecule has 8 heavy (non-hydrogen) atoms. The summed E-state index contributed by atoms with van der Waals surface area (Å²) in [5.41, 5.74) is 0. The average Bonchev–Trinajstić information content (AvgIpc) is 1.85. The Morgan fingerprint density at radius 2 is 2.38 bits per heavy atom. The molecule has 0 bridgehead atoms. The van der Waals surface area contributed by atoms with E-state index < -0.39 is 6.85 Å². The van der Waals surface area contributed by atoms with Gasteiger partial charge in [-0.1, -0.05) is 6.85 Å². The van der Waals surface area contributed by atoms with E-state index in [4.69, 9.17) is 4.11 Å². The molecule has 0 saturated carbocycles. The minimum Gasteiger partial charge on any atom is -0.314 e. The second kappa shape index (κ2) is 3.05. The number of nitrogens with one attached hydrogen (secondary N) is 1. The summed E-state index contributed by atoms with van der Waals surface area (Å²) in [7, 11) is 0. The molecule has 1 aliphatic heterocycles. The van der Waals surface area contributed by atoms with Crippen molar-refractivity contribution >= 4 is 0 Å². The molecule has 0 aromatic heterocycles. The van der Waals surface area contributed by atoms with Crippen LogP contribution in [0.2, 0.25) is 0 Å². The van der Waals surface area contributed by atoms with Crippen LogP contribution in [0.5, 0.6) is 0 Å². The smallest absolute Gasteiger partial charge is 0.0243 e. The number of piperazine rings is 1. The molecule has 0 unspecified atom stereocenters. The molecule has 0 aliphatic carbocycles. The Morgan fingerprint density at radius 1 is 1.62 bits per heavy atom. The van der Waals surface area contributed by atoms with Gasteiger partial charge in [-0.3, -0.25) is 0 Å². The van der Waals surface area contributed by atoms with Crippen LogP contribution in [0.4, 0.5) is 0 Å². The van der Waals surface area contributed by atoms with Crippen molar-refractivity contribution in [1.82, 2.24) is 10.2 Å². The second-order valence-corrected chi connectivity index (χ2v) is 2.03. The number of hydrogen-bond acceptors (Lipinski definition) is 2. The first-order valence-electron chi connectivity index (χ1n) is 4.51. The molecular weight excluding hydrogens is 100 g/mol. The van der Waals surface area contributed by atoms with Gasteiger partial charge in [-0.05, 0) is 6.54 Å². The Labute approximate surface area is 55.1 Å². The summed E-state index contributed by atoms with van der Waals surface area (Å²) in [5.74, 6) is 0. The van der Waals surface area contributed by atoms with Gasteiger partial charge >= 0.3 is 0 Å². The molecule has 1 saturated heterocycles. The third-order valence-corrected chi connectivity index (χ3v) is 1.43. The van der Waals surface area contributed by atoms with Crippen molar-refractivity contribution in [3.63, 3.8) is 0 Å². The van der Waals surface area contributed by atoms with E-state index in [0.29, 0.717) is 0 Å². The van der Waals surface area contributed by atoms with E-state index in [-0.39, 0.29) is 6.54 Å². The molecule has 1 heterocycles. The number of rotatable bonds is 1. The van der Waals surface area contributed by atoms with E-state index in [1.54, 1.807) is 0 Å². The summed E-state index contributed by atoms with van der Waals surface area (Å²) < 4.78 is 21.1. The zero-order valence-corrected chi connectivity index (χ0v) is 4.98. The fourth-order valence-electron chi connectivity index (χ4n) is 0.869.